The Hall–Kier alpha value is -1.24. The van der Waals surface area contributed by atoms with Gasteiger partial charge < -0.3 is 5.73 Å². The molecule has 78 valence electrons. The molecule has 0 spiro atoms. The lowest BCUT2D eigenvalue weighted by atomic mass is 10.4. The summed E-state index contributed by atoms with van der Waals surface area (Å²) in [6.07, 6.45) is -1.74. The second-order valence-corrected chi connectivity index (χ2v) is 4.52. The smallest absolute Gasteiger partial charge is 0.252 e. The van der Waals surface area contributed by atoms with Crippen LogP contribution in [0.4, 0.5) is 14.5 Å². The van der Waals surface area contributed by atoms with E-state index in [9.17, 15) is 17.2 Å². The van der Waals surface area contributed by atoms with Crippen molar-refractivity contribution in [3.05, 3.63) is 18.3 Å². The molecule has 0 fully saturated rings. The molecular formula is C7H8F2N2O2S. The summed E-state index contributed by atoms with van der Waals surface area (Å²) < 4.78 is 46.3. The minimum Gasteiger partial charge on any atom is -0.396 e. The fraction of sp³-hybridized carbons (Fsp3) is 0.286. The number of hydrogen-bond donors (Lipinski definition) is 1. The first kappa shape index (κ1) is 10.8. The van der Waals surface area contributed by atoms with Crippen molar-refractivity contribution in [2.45, 2.75) is 11.5 Å². The normalized spacial score (nSPS) is 11.9. The Morgan fingerprint density at radius 3 is 2.64 bits per heavy atom. The number of nitrogen functional groups attached to an aromatic ring is 1. The summed E-state index contributed by atoms with van der Waals surface area (Å²) in [7, 11) is -4.08. The van der Waals surface area contributed by atoms with Gasteiger partial charge in [-0.3, -0.25) is 0 Å². The van der Waals surface area contributed by atoms with Crippen LogP contribution in [-0.4, -0.2) is 25.6 Å². The molecule has 0 saturated carbocycles. The van der Waals surface area contributed by atoms with Gasteiger partial charge in [-0.2, -0.15) is 0 Å². The van der Waals surface area contributed by atoms with Crippen molar-refractivity contribution in [1.82, 2.24) is 4.98 Å². The second-order valence-electron chi connectivity index (χ2n) is 2.57. The molecule has 0 unspecified atom stereocenters. The second kappa shape index (κ2) is 3.87. The third-order valence-corrected chi connectivity index (χ3v) is 3.06. The molecule has 0 atom stereocenters. The van der Waals surface area contributed by atoms with Crippen LogP contribution in [0.1, 0.15) is 0 Å². The number of anilines is 1. The van der Waals surface area contributed by atoms with Crippen LogP contribution in [0.25, 0.3) is 0 Å². The van der Waals surface area contributed by atoms with Gasteiger partial charge in [0.05, 0.1) is 5.69 Å². The van der Waals surface area contributed by atoms with Crippen molar-refractivity contribution in [2.24, 2.45) is 0 Å². The summed E-state index contributed by atoms with van der Waals surface area (Å²) in [5, 5.41) is -0.486. The van der Waals surface area contributed by atoms with Gasteiger partial charge in [-0.15, -0.1) is 0 Å². The van der Waals surface area contributed by atoms with Crippen molar-refractivity contribution in [1.29, 1.82) is 0 Å². The highest BCUT2D eigenvalue weighted by molar-refractivity contribution is 7.91. The fourth-order valence-corrected chi connectivity index (χ4v) is 2.05. The average Bonchev–Trinajstić information content (AvgIpc) is 2.02. The molecule has 1 aromatic rings. The van der Waals surface area contributed by atoms with Gasteiger partial charge in [0.2, 0.25) is 9.84 Å². The number of pyridine rings is 1. The highest BCUT2D eigenvalue weighted by Crippen LogP contribution is 2.17. The van der Waals surface area contributed by atoms with E-state index in [0.717, 1.165) is 0 Å². The van der Waals surface area contributed by atoms with Crippen LogP contribution >= 0.6 is 0 Å². The van der Waals surface area contributed by atoms with Gasteiger partial charge in [0, 0.05) is 6.20 Å². The van der Waals surface area contributed by atoms with Crippen LogP contribution in [0.3, 0.4) is 0 Å². The summed E-state index contributed by atoms with van der Waals surface area (Å²) in [5.74, 6) is -1.26. The Morgan fingerprint density at radius 2 is 2.14 bits per heavy atom. The number of hydrogen-bond acceptors (Lipinski definition) is 4. The third kappa shape index (κ3) is 2.38. The molecule has 7 heteroatoms. The molecule has 0 saturated heterocycles. The van der Waals surface area contributed by atoms with Gasteiger partial charge >= 0.3 is 0 Å². The lowest BCUT2D eigenvalue weighted by Gasteiger charge is -2.04. The molecule has 0 aromatic carbocycles. The Labute approximate surface area is 79.7 Å². The maximum absolute atomic E-state index is 11.9. The monoisotopic (exact) mass is 222 g/mol. The quantitative estimate of drug-likeness (QED) is 0.817. The summed E-state index contributed by atoms with van der Waals surface area (Å²) >= 11 is 0. The predicted octanol–water partition coefficient (Wildman–Crippen LogP) is 0.703. The van der Waals surface area contributed by atoms with Crippen molar-refractivity contribution in [3.63, 3.8) is 0 Å². The van der Waals surface area contributed by atoms with E-state index in [1.54, 1.807) is 0 Å². The van der Waals surface area contributed by atoms with Crippen LogP contribution in [0.5, 0.6) is 0 Å². The lowest BCUT2D eigenvalue weighted by molar-refractivity contribution is 0.174. The van der Waals surface area contributed by atoms with Gasteiger partial charge in [0.1, 0.15) is 5.75 Å². The molecule has 0 amide bonds. The van der Waals surface area contributed by atoms with Crippen LogP contribution in [-0.2, 0) is 9.84 Å². The molecule has 0 aliphatic rings. The summed E-state index contributed by atoms with van der Waals surface area (Å²) in [6, 6.07) is 2.72. The van der Waals surface area contributed by atoms with Crippen molar-refractivity contribution in [2.75, 3.05) is 11.5 Å². The number of nitrogens with two attached hydrogens (primary N) is 1. The Bertz CT molecular complexity index is 419. The standard InChI is InChI=1S/C7H8F2N2O2S/c8-6(9)4-14(12,13)7-5(10)2-1-3-11-7/h1-3,6H,4,10H2. The number of sulfone groups is 1. The molecule has 0 bridgehead atoms. The number of halogens is 2. The Kier molecular flexibility index (Phi) is 3.00. The van der Waals surface area contributed by atoms with E-state index in [4.69, 9.17) is 5.73 Å². The minimum atomic E-state index is -4.08. The largest absolute Gasteiger partial charge is 0.396 e. The van der Waals surface area contributed by atoms with E-state index in [1.807, 2.05) is 0 Å². The van der Waals surface area contributed by atoms with Crippen molar-refractivity contribution >= 4 is 15.5 Å². The van der Waals surface area contributed by atoms with Crippen LogP contribution < -0.4 is 5.73 Å². The van der Waals surface area contributed by atoms with E-state index in [-0.39, 0.29) is 5.69 Å². The van der Waals surface area contributed by atoms with Crippen LogP contribution in [0, 0.1) is 0 Å². The minimum absolute atomic E-state index is 0.117. The van der Waals surface area contributed by atoms with Crippen molar-refractivity contribution in [3.8, 4) is 0 Å². The Balaban J connectivity index is 3.11. The SMILES string of the molecule is Nc1cccnc1S(=O)(=O)CC(F)F. The molecular weight excluding hydrogens is 214 g/mol. The molecule has 1 heterocycles. The van der Waals surface area contributed by atoms with E-state index in [2.05, 4.69) is 4.98 Å². The molecule has 1 rings (SSSR count). The van der Waals surface area contributed by atoms with Crippen molar-refractivity contribution < 1.29 is 17.2 Å². The van der Waals surface area contributed by atoms with Gasteiger partial charge in [-0.1, -0.05) is 0 Å². The number of alkyl halides is 2. The van der Waals surface area contributed by atoms with E-state index in [1.165, 1.54) is 18.3 Å². The molecule has 4 nitrogen and oxygen atoms in total. The zero-order chi connectivity index (χ0) is 10.8. The topological polar surface area (TPSA) is 73.0 Å². The first-order valence-corrected chi connectivity index (χ1v) is 5.30. The van der Waals surface area contributed by atoms with E-state index < -0.39 is 27.0 Å². The number of nitrogens with zero attached hydrogens (tertiary/aromatic N) is 1. The summed E-state index contributed by atoms with van der Waals surface area (Å²) in [6.45, 7) is 0. The first-order chi connectivity index (χ1) is 6.43. The Morgan fingerprint density at radius 1 is 1.50 bits per heavy atom. The van der Waals surface area contributed by atoms with Gasteiger partial charge in [0.25, 0.3) is 6.43 Å². The molecule has 1 aromatic heterocycles. The van der Waals surface area contributed by atoms with E-state index >= 15 is 0 Å². The lowest BCUT2D eigenvalue weighted by Crippen LogP contribution is -2.16. The predicted molar refractivity (Wildman–Crippen MR) is 46.7 cm³/mol. The summed E-state index contributed by atoms with van der Waals surface area (Å²) in [5.41, 5.74) is 5.18. The maximum Gasteiger partial charge on any atom is 0.252 e. The van der Waals surface area contributed by atoms with Gasteiger partial charge in [-0.05, 0) is 12.1 Å². The van der Waals surface area contributed by atoms with Crippen LogP contribution in [0.2, 0.25) is 0 Å². The number of rotatable bonds is 3. The zero-order valence-electron chi connectivity index (χ0n) is 7.02. The first-order valence-electron chi connectivity index (χ1n) is 3.65. The molecule has 0 aliphatic heterocycles. The molecule has 14 heavy (non-hydrogen) atoms. The third-order valence-electron chi connectivity index (χ3n) is 1.44. The van der Waals surface area contributed by atoms with E-state index in [0.29, 0.717) is 0 Å². The number of aromatic nitrogens is 1. The van der Waals surface area contributed by atoms with Gasteiger partial charge in [0.15, 0.2) is 5.03 Å². The highest BCUT2D eigenvalue weighted by atomic mass is 32.2. The maximum atomic E-state index is 11.9. The summed E-state index contributed by atoms with van der Waals surface area (Å²) in [4.78, 5) is 3.46. The molecule has 2 N–H and O–H groups in total. The molecule has 0 radical (unpaired) electrons. The average molecular weight is 222 g/mol. The molecule has 0 aliphatic carbocycles. The fourth-order valence-electron chi connectivity index (χ4n) is 0.908. The highest BCUT2D eigenvalue weighted by Gasteiger charge is 2.23. The zero-order valence-corrected chi connectivity index (χ0v) is 7.84. The van der Waals surface area contributed by atoms with Gasteiger partial charge in [-0.25, -0.2) is 22.2 Å². The van der Waals surface area contributed by atoms with Crippen LogP contribution in [0.15, 0.2) is 23.4 Å².